The van der Waals surface area contributed by atoms with Crippen molar-refractivity contribution in [2.45, 2.75) is 24.9 Å². The maximum atomic E-state index is 5.86. The van der Waals surface area contributed by atoms with E-state index in [1.807, 2.05) is 0 Å². The van der Waals surface area contributed by atoms with Crippen LogP contribution in [0.25, 0.3) is 0 Å². The minimum Gasteiger partial charge on any atom is -0.327 e. The Hall–Kier alpha value is -0.0800. The fourth-order valence-corrected chi connectivity index (χ4v) is 2.22. The summed E-state index contributed by atoms with van der Waals surface area (Å²) in [4.78, 5) is 2.44. The Morgan fingerprint density at radius 3 is 2.56 bits per heavy atom. The van der Waals surface area contributed by atoms with Crippen LogP contribution in [0.3, 0.4) is 0 Å². The monoisotopic (exact) mass is 126 g/mol. The van der Waals surface area contributed by atoms with Crippen LogP contribution in [0, 0.1) is 5.92 Å². The largest absolute Gasteiger partial charge is 0.327 e. The van der Waals surface area contributed by atoms with Crippen LogP contribution in [0.5, 0.6) is 0 Å². The molecule has 2 fully saturated rings. The third-order valence-electron chi connectivity index (χ3n) is 2.87. The van der Waals surface area contributed by atoms with E-state index in [4.69, 9.17) is 5.73 Å². The first kappa shape index (κ1) is 5.69. The van der Waals surface area contributed by atoms with Crippen LogP contribution in [0.1, 0.15) is 12.8 Å². The normalized spacial score (nSPS) is 50.7. The molecule has 1 aliphatic carbocycles. The molecule has 1 heterocycles. The van der Waals surface area contributed by atoms with E-state index in [9.17, 15) is 0 Å². The summed E-state index contributed by atoms with van der Waals surface area (Å²) >= 11 is 0. The summed E-state index contributed by atoms with van der Waals surface area (Å²) in [7, 11) is 2.20. The van der Waals surface area contributed by atoms with Gasteiger partial charge in [-0.1, -0.05) is 0 Å². The molecule has 9 heavy (non-hydrogen) atoms. The quantitative estimate of drug-likeness (QED) is 0.496. The molecule has 52 valence electrons. The van der Waals surface area contributed by atoms with E-state index in [1.165, 1.54) is 19.4 Å². The Balaban J connectivity index is 2.10. The maximum Gasteiger partial charge on any atom is 0.0111 e. The molecule has 2 aliphatic rings. The SMILES string of the molecule is CN1C[C@@H]2C[C@H]1C[C@H]2N. The number of rotatable bonds is 0. The summed E-state index contributed by atoms with van der Waals surface area (Å²) in [5.41, 5.74) is 5.86. The Morgan fingerprint density at radius 2 is 2.22 bits per heavy atom. The summed E-state index contributed by atoms with van der Waals surface area (Å²) in [5, 5.41) is 0. The van der Waals surface area contributed by atoms with Gasteiger partial charge in [-0.25, -0.2) is 0 Å². The van der Waals surface area contributed by atoms with E-state index in [1.54, 1.807) is 0 Å². The van der Waals surface area contributed by atoms with Crippen LogP contribution in [0.2, 0.25) is 0 Å². The number of hydrogen-bond donors (Lipinski definition) is 1. The van der Waals surface area contributed by atoms with Gasteiger partial charge in [0, 0.05) is 18.6 Å². The molecule has 1 aliphatic heterocycles. The van der Waals surface area contributed by atoms with Gasteiger partial charge in [0.15, 0.2) is 0 Å². The van der Waals surface area contributed by atoms with Crippen molar-refractivity contribution in [3.8, 4) is 0 Å². The van der Waals surface area contributed by atoms with Crippen molar-refractivity contribution in [3.63, 3.8) is 0 Å². The van der Waals surface area contributed by atoms with Gasteiger partial charge in [0.2, 0.25) is 0 Å². The molecule has 0 unspecified atom stereocenters. The lowest BCUT2D eigenvalue weighted by molar-refractivity contribution is 0.243. The highest BCUT2D eigenvalue weighted by atomic mass is 15.2. The number of nitrogens with two attached hydrogens (primary N) is 1. The highest BCUT2D eigenvalue weighted by Crippen LogP contribution is 2.35. The topological polar surface area (TPSA) is 29.3 Å². The predicted molar refractivity (Wildman–Crippen MR) is 37.1 cm³/mol. The van der Waals surface area contributed by atoms with E-state index in [0.717, 1.165) is 12.0 Å². The van der Waals surface area contributed by atoms with Crippen molar-refractivity contribution in [3.05, 3.63) is 0 Å². The van der Waals surface area contributed by atoms with Crippen LogP contribution in [-0.2, 0) is 0 Å². The van der Waals surface area contributed by atoms with E-state index in [2.05, 4.69) is 11.9 Å². The second kappa shape index (κ2) is 1.70. The summed E-state index contributed by atoms with van der Waals surface area (Å²) in [5.74, 6) is 0.819. The molecule has 0 aromatic rings. The van der Waals surface area contributed by atoms with Gasteiger partial charge in [-0.05, 0) is 25.8 Å². The smallest absolute Gasteiger partial charge is 0.0111 e. The molecule has 1 saturated heterocycles. The average molecular weight is 126 g/mol. The van der Waals surface area contributed by atoms with E-state index in [-0.39, 0.29) is 0 Å². The highest BCUT2D eigenvalue weighted by molar-refractivity contribution is 4.97. The van der Waals surface area contributed by atoms with Crippen LogP contribution < -0.4 is 5.73 Å². The Bertz CT molecular complexity index is 106. The van der Waals surface area contributed by atoms with Gasteiger partial charge >= 0.3 is 0 Å². The Morgan fingerprint density at radius 1 is 1.44 bits per heavy atom. The summed E-state index contributed by atoms with van der Waals surface area (Å²) in [6.45, 7) is 1.24. The van der Waals surface area contributed by atoms with Crippen molar-refractivity contribution in [2.75, 3.05) is 13.6 Å². The fraction of sp³-hybridized carbons (Fsp3) is 1.00. The molecule has 2 N–H and O–H groups in total. The molecule has 2 heteroatoms. The van der Waals surface area contributed by atoms with Gasteiger partial charge in [0.1, 0.15) is 0 Å². The predicted octanol–water partition coefficient (Wildman–Crippen LogP) is 0.0377. The van der Waals surface area contributed by atoms with E-state index < -0.39 is 0 Å². The zero-order chi connectivity index (χ0) is 6.43. The standard InChI is InChI=1S/C7H14N2/c1-9-4-5-2-6(9)3-7(5)8/h5-7H,2-4,8H2,1H3/t5-,6-,7+/m0/s1. The van der Waals surface area contributed by atoms with Crippen LogP contribution in [0.15, 0.2) is 0 Å². The first-order valence-electron chi connectivity index (χ1n) is 3.73. The highest BCUT2D eigenvalue weighted by Gasteiger charge is 2.40. The summed E-state index contributed by atoms with van der Waals surface area (Å²) < 4.78 is 0. The van der Waals surface area contributed by atoms with Crippen LogP contribution in [-0.4, -0.2) is 30.6 Å². The fourth-order valence-electron chi connectivity index (χ4n) is 2.22. The number of nitrogens with zero attached hydrogens (tertiary/aromatic N) is 1. The Kier molecular flexibility index (Phi) is 1.08. The van der Waals surface area contributed by atoms with Gasteiger partial charge in [-0.2, -0.15) is 0 Å². The number of fused-ring (bicyclic) bond motifs is 2. The molecule has 0 radical (unpaired) electrons. The molecule has 1 saturated carbocycles. The van der Waals surface area contributed by atoms with Gasteiger partial charge in [0.25, 0.3) is 0 Å². The summed E-state index contributed by atoms with van der Waals surface area (Å²) in [6, 6.07) is 1.34. The van der Waals surface area contributed by atoms with Crippen molar-refractivity contribution in [1.29, 1.82) is 0 Å². The number of likely N-dealkylation sites (tertiary alicyclic amines) is 1. The van der Waals surface area contributed by atoms with Crippen LogP contribution >= 0.6 is 0 Å². The molecule has 0 spiro atoms. The zero-order valence-corrected chi connectivity index (χ0v) is 5.88. The molecule has 0 aromatic heterocycles. The van der Waals surface area contributed by atoms with Gasteiger partial charge < -0.3 is 10.6 Å². The first-order chi connectivity index (χ1) is 4.27. The minimum atomic E-state index is 0.520. The van der Waals surface area contributed by atoms with Gasteiger partial charge in [-0.15, -0.1) is 0 Å². The second-order valence-corrected chi connectivity index (χ2v) is 3.49. The molecule has 0 amide bonds. The molecular formula is C7H14N2. The van der Waals surface area contributed by atoms with Crippen molar-refractivity contribution < 1.29 is 0 Å². The van der Waals surface area contributed by atoms with Crippen LogP contribution in [0.4, 0.5) is 0 Å². The number of piperidine rings is 1. The van der Waals surface area contributed by atoms with Crippen molar-refractivity contribution in [1.82, 2.24) is 4.90 Å². The van der Waals surface area contributed by atoms with Gasteiger partial charge in [-0.3, -0.25) is 0 Å². The zero-order valence-electron chi connectivity index (χ0n) is 5.88. The van der Waals surface area contributed by atoms with Crippen molar-refractivity contribution >= 4 is 0 Å². The molecule has 2 rings (SSSR count). The molecular weight excluding hydrogens is 112 g/mol. The Labute approximate surface area is 56.0 Å². The minimum absolute atomic E-state index is 0.520. The molecule has 2 bridgehead atoms. The molecule has 3 atom stereocenters. The average Bonchev–Trinajstić information content (AvgIpc) is 2.24. The summed E-state index contributed by atoms with van der Waals surface area (Å²) in [6.07, 6.45) is 2.60. The van der Waals surface area contributed by atoms with E-state index in [0.29, 0.717) is 6.04 Å². The number of hydrogen-bond acceptors (Lipinski definition) is 2. The molecule has 0 aromatic carbocycles. The van der Waals surface area contributed by atoms with Crippen molar-refractivity contribution in [2.24, 2.45) is 11.7 Å². The lowest BCUT2D eigenvalue weighted by atomic mass is 10.1. The maximum absolute atomic E-state index is 5.86. The lowest BCUT2D eigenvalue weighted by Crippen LogP contribution is -2.38. The third kappa shape index (κ3) is 0.700. The van der Waals surface area contributed by atoms with Gasteiger partial charge in [0.05, 0.1) is 0 Å². The van der Waals surface area contributed by atoms with E-state index >= 15 is 0 Å². The third-order valence-corrected chi connectivity index (χ3v) is 2.87. The molecule has 2 nitrogen and oxygen atoms in total. The second-order valence-electron chi connectivity index (χ2n) is 3.49. The lowest BCUT2D eigenvalue weighted by Gasteiger charge is -2.25. The first-order valence-corrected chi connectivity index (χ1v) is 3.73.